The van der Waals surface area contributed by atoms with Crippen molar-refractivity contribution in [1.82, 2.24) is 0 Å². The summed E-state index contributed by atoms with van der Waals surface area (Å²) < 4.78 is 4.53. The van der Waals surface area contributed by atoms with Crippen LogP contribution in [0.1, 0.15) is 6.42 Å². The monoisotopic (exact) mass is 172 g/mol. The number of methoxy groups -OCH3 is 1. The van der Waals surface area contributed by atoms with E-state index in [1.807, 2.05) is 12.2 Å². The quantitative estimate of drug-likeness (QED) is 0.517. The number of allylic oxidation sites excluding steroid dienone is 2. The summed E-state index contributed by atoms with van der Waals surface area (Å²) in [6, 6.07) is 0. The second kappa shape index (κ2) is 4.23. The van der Waals surface area contributed by atoms with Crippen LogP contribution in [0.5, 0.6) is 0 Å². The molecule has 11 heavy (non-hydrogen) atoms. The second-order valence-corrected chi connectivity index (χ2v) is 4.32. The van der Waals surface area contributed by atoms with Crippen molar-refractivity contribution in [3.05, 3.63) is 23.0 Å². The maximum Gasteiger partial charge on any atom is 0.306 e. The van der Waals surface area contributed by atoms with Crippen molar-refractivity contribution < 1.29 is 9.53 Å². The van der Waals surface area contributed by atoms with Crippen molar-refractivity contribution in [2.75, 3.05) is 12.9 Å². The molecule has 0 N–H and O–H groups in total. The minimum atomic E-state index is -0.145. The minimum absolute atomic E-state index is 0.110. The van der Waals surface area contributed by atoms with E-state index < -0.39 is 0 Å². The number of hydrogen-bond acceptors (Lipinski definition) is 2. The normalized spacial score (nSPS) is 17.4. The first kappa shape index (κ1) is 8.40. The number of ether oxygens (including phenoxy) is 1. The van der Waals surface area contributed by atoms with Crippen LogP contribution in [-0.2, 0) is 9.53 Å². The highest BCUT2D eigenvalue weighted by molar-refractivity contribution is 8.22. The van der Waals surface area contributed by atoms with Gasteiger partial charge in [0.25, 0.3) is 0 Å². The van der Waals surface area contributed by atoms with Gasteiger partial charge in [0, 0.05) is 0 Å². The number of rotatable bonds is 3. The molecule has 0 unspecified atom stereocenters. The summed E-state index contributed by atoms with van der Waals surface area (Å²) in [6.45, 7) is 0. The van der Waals surface area contributed by atoms with Gasteiger partial charge in [0.15, 0.2) is 0 Å². The van der Waals surface area contributed by atoms with Gasteiger partial charge < -0.3 is 4.74 Å². The van der Waals surface area contributed by atoms with Gasteiger partial charge in [-0.05, 0) is 16.6 Å². The summed E-state index contributed by atoms with van der Waals surface area (Å²) in [6.07, 6.45) is 4.60. The lowest BCUT2D eigenvalue weighted by Crippen LogP contribution is -2.01. The Hall–Kier alpha value is -0.700. The molecule has 1 heterocycles. The number of thiol groups is 1. The van der Waals surface area contributed by atoms with E-state index in [1.165, 1.54) is 7.11 Å². The molecule has 0 aromatic heterocycles. The highest BCUT2D eigenvalue weighted by Gasteiger charge is 2.03. The van der Waals surface area contributed by atoms with Crippen molar-refractivity contribution >= 4 is 16.9 Å². The molecule has 1 aliphatic heterocycles. The second-order valence-electron chi connectivity index (χ2n) is 2.25. The fraction of sp³-hybridized carbons (Fsp3) is 0.375. The van der Waals surface area contributed by atoms with Crippen LogP contribution in [0.15, 0.2) is 23.0 Å². The molecule has 0 radical (unpaired) electrons. The molecule has 1 aliphatic rings. The van der Waals surface area contributed by atoms with Crippen LogP contribution in [0.4, 0.5) is 0 Å². The Balaban J connectivity index is 2.17. The predicted octanol–water partition coefficient (Wildman–Crippen LogP) is 1.59. The SMILES string of the molecule is COC(=O)CC[SH]1C=CC=C1. The Morgan fingerprint density at radius 1 is 1.45 bits per heavy atom. The van der Waals surface area contributed by atoms with E-state index in [0.29, 0.717) is 6.42 Å². The van der Waals surface area contributed by atoms with Crippen molar-refractivity contribution in [1.29, 1.82) is 0 Å². The lowest BCUT2D eigenvalue weighted by Gasteiger charge is -2.07. The molecule has 2 nitrogen and oxygen atoms in total. The van der Waals surface area contributed by atoms with Gasteiger partial charge in [0.05, 0.1) is 13.5 Å². The lowest BCUT2D eigenvalue weighted by molar-refractivity contribution is -0.140. The Labute approximate surface area is 69.3 Å². The molecular formula is C8H12O2S. The molecule has 0 bridgehead atoms. The molecule has 62 valence electrons. The summed E-state index contributed by atoms with van der Waals surface area (Å²) in [5.41, 5.74) is 0. The van der Waals surface area contributed by atoms with Gasteiger partial charge in [0.2, 0.25) is 0 Å². The van der Waals surface area contributed by atoms with Gasteiger partial charge in [-0.25, -0.2) is 10.9 Å². The first-order valence-electron chi connectivity index (χ1n) is 3.50. The van der Waals surface area contributed by atoms with Crippen LogP contribution in [0.2, 0.25) is 0 Å². The van der Waals surface area contributed by atoms with Crippen LogP contribution >= 0.6 is 10.9 Å². The predicted molar refractivity (Wildman–Crippen MR) is 48.8 cm³/mol. The van der Waals surface area contributed by atoms with E-state index in [-0.39, 0.29) is 16.9 Å². The topological polar surface area (TPSA) is 26.3 Å². The van der Waals surface area contributed by atoms with Gasteiger partial charge in [-0.1, -0.05) is 12.2 Å². The van der Waals surface area contributed by atoms with Crippen molar-refractivity contribution in [3.8, 4) is 0 Å². The van der Waals surface area contributed by atoms with E-state index in [1.54, 1.807) is 0 Å². The third-order valence-electron chi connectivity index (χ3n) is 1.47. The van der Waals surface area contributed by atoms with Gasteiger partial charge in [0.1, 0.15) is 0 Å². The zero-order valence-corrected chi connectivity index (χ0v) is 7.38. The molecule has 0 amide bonds. The Kier molecular flexibility index (Phi) is 3.23. The third kappa shape index (κ3) is 2.80. The summed E-state index contributed by atoms with van der Waals surface area (Å²) in [5, 5.41) is 4.30. The number of carbonyl (C=O) groups is 1. The molecule has 0 saturated heterocycles. The summed E-state index contributed by atoms with van der Waals surface area (Å²) >= 11 is 0. The smallest absolute Gasteiger partial charge is 0.306 e. The lowest BCUT2D eigenvalue weighted by atomic mass is 10.5. The third-order valence-corrected chi connectivity index (χ3v) is 3.32. The molecule has 0 atom stereocenters. The molecule has 0 saturated carbocycles. The zero-order valence-electron chi connectivity index (χ0n) is 6.49. The van der Waals surface area contributed by atoms with E-state index in [0.717, 1.165) is 5.75 Å². The van der Waals surface area contributed by atoms with E-state index in [4.69, 9.17) is 0 Å². The molecule has 1 rings (SSSR count). The van der Waals surface area contributed by atoms with Gasteiger partial charge in [-0.3, -0.25) is 4.79 Å². The zero-order chi connectivity index (χ0) is 8.10. The fourth-order valence-electron chi connectivity index (χ4n) is 0.842. The molecule has 0 fully saturated rings. The molecule has 0 aliphatic carbocycles. The molecular weight excluding hydrogens is 160 g/mol. The summed E-state index contributed by atoms with van der Waals surface area (Å²) in [5.74, 6) is 0.816. The van der Waals surface area contributed by atoms with Crippen LogP contribution < -0.4 is 0 Å². The maximum absolute atomic E-state index is 10.7. The molecule has 3 heteroatoms. The van der Waals surface area contributed by atoms with Crippen LogP contribution in [-0.4, -0.2) is 18.8 Å². The first-order valence-corrected chi connectivity index (χ1v) is 5.17. The Bertz CT molecular complexity index is 184. The van der Waals surface area contributed by atoms with Crippen LogP contribution in [0.25, 0.3) is 0 Å². The number of esters is 1. The Morgan fingerprint density at radius 3 is 2.64 bits per heavy atom. The Morgan fingerprint density at radius 2 is 2.09 bits per heavy atom. The van der Waals surface area contributed by atoms with E-state index in [2.05, 4.69) is 15.6 Å². The van der Waals surface area contributed by atoms with E-state index in [9.17, 15) is 4.79 Å². The van der Waals surface area contributed by atoms with Crippen molar-refractivity contribution in [2.45, 2.75) is 6.42 Å². The van der Waals surface area contributed by atoms with Gasteiger partial charge >= 0.3 is 5.97 Å². The average Bonchev–Trinajstić information content (AvgIpc) is 2.52. The molecule has 0 spiro atoms. The van der Waals surface area contributed by atoms with Gasteiger partial charge in [-0.15, -0.1) is 0 Å². The maximum atomic E-state index is 10.7. The van der Waals surface area contributed by atoms with E-state index >= 15 is 0 Å². The fourth-order valence-corrected chi connectivity index (χ4v) is 2.32. The van der Waals surface area contributed by atoms with Gasteiger partial charge in [-0.2, -0.15) is 0 Å². The summed E-state index contributed by atoms with van der Waals surface area (Å²) in [7, 11) is 1.28. The molecule has 0 aromatic rings. The highest BCUT2D eigenvalue weighted by atomic mass is 32.2. The van der Waals surface area contributed by atoms with Crippen molar-refractivity contribution in [3.63, 3.8) is 0 Å². The minimum Gasteiger partial charge on any atom is -0.469 e. The first-order chi connectivity index (χ1) is 5.33. The van der Waals surface area contributed by atoms with Crippen LogP contribution in [0, 0.1) is 0 Å². The van der Waals surface area contributed by atoms with Crippen LogP contribution in [0.3, 0.4) is 0 Å². The standard InChI is InChI=1S/C8H12O2S/c1-10-8(9)4-7-11-5-2-3-6-11/h2-3,5-6,11H,4,7H2,1H3. The summed E-state index contributed by atoms with van der Waals surface area (Å²) in [4.78, 5) is 10.7. The number of carbonyl (C=O) groups excluding carboxylic acids is 1. The highest BCUT2D eigenvalue weighted by Crippen LogP contribution is 2.32. The van der Waals surface area contributed by atoms with Crippen molar-refractivity contribution in [2.24, 2.45) is 0 Å². The number of hydrogen-bond donors (Lipinski definition) is 1. The average molecular weight is 172 g/mol. The molecule has 0 aromatic carbocycles. The largest absolute Gasteiger partial charge is 0.469 e.